The molecule has 2 rings (SSSR count). The first-order chi connectivity index (χ1) is 10.1. The highest BCUT2D eigenvalue weighted by Gasteiger charge is 2.27. The summed E-state index contributed by atoms with van der Waals surface area (Å²) in [4.78, 5) is 0. The van der Waals surface area contributed by atoms with Crippen LogP contribution in [0.4, 0.5) is 8.78 Å². The second kappa shape index (κ2) is 6.94. The minimum atomic E-state index is -1.41. The van der Waals surface area contributed by atoms with Crippen molar-refractivity contribution in [2.24, 2.45) is 0 Å². The molecule has 0 fully saturated rings. The second-order valence-electron chi connectivity index (χ2n) is 4.91. The summed E-state index contributed by atoms with van der Waals surface area (Å²) in [6, 6.07) is 13.2. The van der Waals surface area contributed by atoms with E-state index in [1.807, 2.05) is 37.3 Å². The Bertz CT molecular complexity index is 608. The Morgan fingerprint density at radius 2 is 1.57 bits per heavy atom. The molecule has 0 heterocycles. The highest BCUT2D eigenvalue weighted by molar-refractivity contribution is 7.85. The molecule has 0 aliphatic heterocycles. The summed E-state index contributed by atoms with van der Waals surface area (Å²) in [5, 5.41) is -0.934. The maximum Gasteiger partial charge on any atom is 0.130 e. The Morgan fingerprint density at radius 1 is 1.00 bits per heavy atom. The van der Waals surface area contributed by atoms with Crippen molar-refractivity contribution in [2.75, 3.05) is 0 Å². The average Bonchev–Trinajstić information content (AvgIpc) is 2.48. The molecular formula is C17H18F2OS. The van der Waals surface area contributed by atoms with Crippen LogP contribution in [-0.4, -0.2) is 4.21 Å². The molecule has 0 aliphatic carbocycles. The summed E-state index contributed by atoms with van der Waals surface area (Å²) in [5.74, 6) is -1.28. The van der Waals surface area contributed by atoms with Gasteiger partial charge in [0.05, 0.1) is 10.5 Å². The first-order valence-electron chi connectivity index (χ1n) is 6.94. The van der Waals surface area contributed by atoms with Gasteiger partial charge in [-0.2, -0.15) is 0 Å². The second-order valence-corrected chi connectivity index (χ2v) is 6.85. The van der Waals surface area contributed by atoms with Crippen molar-refractivity contribution in [1.82, 2.24) is 0 Å². The molecule has 0 radical (unpaired) electrons. The van der Waals surface area contributed by atoms with E-state index in [2.05, 4.69) is 0 Å². The quantitative estimate of drug-likeness (QED) is 0.765. The van der Waals surface area contributed by atoms with Crippen molar-refractivity contribution in [3.63, 3.8) is 0 Å². The normalized spacial score (nSPS) is 15.4. The molecule has 0 saturated carbocycles. The molecule has 2 aromatic carbocycles. The van der Waals surface area contributed by atoms with E-state index in [9.17, 15) is 13.0 Å². The van der Waals surface area contributed by atoms with Crippen molar-refractivity contribution in [1.29, 1.82) is 0 Å². The number of hydrogen-bond acceptors (Lipinski definition) is 1. The molecule has 0 saturated heterocycles. The summed E-state index contributed by atoms with van der Waals surface area (Å²) in [7, 11) is -1.41. The van der Waals surface area contributed by atoms with Crippen molar-refractivity contribution in [3.8, 4) is 0 Å². The van der Waals surface area contributed by atoms with E-state index >= 15 is 0 Å². The molecule has 0 bridgehead atoms. The zero-order chi connectivity index (χ0) is 15.4. The Hall–Kier alpha value is -1.55. The lowest BCUT2D eigenvalue weighted by Crippen LogP contribution is -2.14. The van der Waals surface area contributed by atoms with Crippen LogP contribution in [0.1, 0.15) is 41.9 Å². The third kappa shape index (κ3) is 3.38. The summed E-state index contributed by atoms with van der Waals surface area (Å²) in [5.41, 5.74) is 0.840. The van der Waals surface area contributed by atoms with E-state index in [4.69, 9.17) is 0 Å². The lowest BCUT2D eigenvalue weighted by Gasteiger charge is -2.21. The number of rotatable bonds is 5. The number of benzene rings is 2. The Balaban J connectivity index is 2.34. The van der Waals surface area contributed by atoms with Gasteiger partial charge in [0.1, 0.15) is 11.6 Å². The first kappa shape index (κ1) is 15.8. The highest BCUT2D eigenvalue weighted by Crippen LogP contribution is 2.34. The van der Waals surface area contributed by atoms with Crippen LogP contribution in [0.3, 0.4) is 0 Å². The molecule has 0 aliphatic rings. The number of halogens is 2. The van der Waals surface area contributed by atoms with Gasteiger partial charge in [0.15, 0.2) is 0 Å². The van der Waals surface area contributed by atoms with Crippen LogP contribution >= 0.6 is 0 Å². The minimum absolute atomic E-state index is 0.0924. The molecular weight excluding hydrogens is 290 g/mol. The average molecular weight is 308 g/mol. The number of hydrogen-bond donors (Lipinski definition) is 0. The SMILES string of the molecule is CC[C@H](c1ccccc1)[S@](=O)[C@H](C)c1c(F)cccc1F. The topological polar surface area (TPSA) is 17.1 Å². The molecule has 2 aromatic rings. The predicted octanol–water partition coefficient (Wildman–Crippen LogP) is 4.93. The lowest BCUT2D eigenvalue weighted by molar-refractivity contribution is 0.552. The molecule has 0 aromatic heterocycles. The maximum absolute atomic E-state index is 13.9. The minimum Gasteiger partial charge on any atom is -0.258 e. The monoisotopic (exact) mass is 308 g/mol. The van der Waals surface area contributed by atoms with Crippen LogP contribution in [0.25, 0.3) is 0 Å². The van der Waals surface area contributed by atoms with Crippen molar-refractivity contribution in [2.45, 2.75) is 30.8 Å². The zero-order valence-electron chi connectivity index (χ0n) is 12.1. The molecule has 0 N–H and O–H groups in total. The standard InChI is InChI=1S/C17H18F2OS/c1-3-16(13-8-5-4-6-9-13)21(20)12(2)17-14(18)10-7-11-15(17)19/h4-12,16H,3H2,1-2H3/t12-,16-,21-/m1/s1. The smallest absolute Gasteiger partial charge is 0.130 e. The van der Waals surface area contributed by atoms with E-state index in [-0.39, 0.29) is 10.8 Å². The van der Waals surface area contributed by atoms with Gasteiger partial charge in [-0.25, -0.2) is 8.78 Å². The molecule has 0 unspecified atom stereocenters. The van der Waals surface area contributed by atoms with Crippen molar-refractivity contribution >= 4 is 10.8 Å². The Morgan fingerprint density at radius 3 is 2.10 bits per heavy atom. The fourth-order valence-electron chi connectivity index (χ4n) is 2.46. The molecule has 21 heavy (non-hydrogen) atoms. The van der Waals surface area contributed by atoms with E-state index < -0.39 is 27.7 Å². The van der Waals surface area contributed by atoms with Crippen LogP contribution in [-0.2, 0) is 10.8 Å². The fourth-order valence-corrected chi connectivity index (χ4v) is 4.17. The van der Waals surface area contributed by atoms with Crippen LogP contribution < -0.4 is 0 Å². The summed E-state index contributed by atoms with van der Waals surface area (Å²) < 4.78 is 40.5. The van der Waals surface area contributed by atoms with Crippen molar-refractivity contribution < 1.29 is 13.0 Å². The highest BCUT2D eigenvalue weighted by atomic mass is 32.2. The van der Waals surface area contributed by atoms with Gasteiger partial charge in [-0.15, -0.1) is 0 Å². The third-order valence-corrected chi connectivity index (χ3v) is 5.68. The van der Waals surface area contributed by atoms with Gasteiger partial charge in [0, 0.05) is 16.4 Å². The van der Waals surface area contributed by atoms with Crippen LogP contribution in [0.5, 0.6) is 0 Å². The fraction of sp³-hybridized carbons (Fsp3) is 0.294. The molecule has 0 spiro atoms. The predicted molar refractivity (Wildman–Crippen MR) is 82.4 cm³/mol. The van der Waals surface area contributed by atoms with Gasteiger partial charge in [0.25, 0.3) is 0 Å². The van der Waals surface area contributed by atoms with E-state index in [0.29, 0.717) is 6.42 Å². The summed E-state index contributed by atoms with van der Waals surface area (Å²) in [6.45, 7) is 3.54. The van der Waals surface area contributed by atoms with Gasteiger partial charge in [0.2, 0.25) is 0 Å². The van der Waals surface area contributed by atoms with Crippen LogP contribution in [0.15, 0.2) is 48.5 Å². The maximum atomic E-state index is 13.9. The van der Waals surface area contributed by atoms with E-state index in [0.717, 1.165) is 5.56 Å². The van der Waals surface area contributed by atoms with Crippen molar-refractivity contribution in [3.05, 3.63) is 71.3 Å². The van der Waals surface area contributed by atoms with Gasteiger partial charge in [-0.1, -0.05) is 43.3 Å². The van der Waals surface area contributed by atoms with Gasteiger partial charge in [-0.3, -0.25) is 4.21 Å². The molecule has 0 amide bonds. The van der Waals surface area contributed by atoms with Gasteiger partial charge >= 0.3 is 0 Å². The summed E-state index contributed by atoms with van der Waals surface area (Å²) >= 11 is 0. The molecule has 112 valence electrons. The molecule has 4 heteroatoms. The van der Waals surface area contributed by atoms with Gasteiger partial charge in [-0.05, 0) is 31.0 Å². The molecule has 1 nitrogen and oxygen atoms in total. The van der Waals surface area contributed by atoms with Gasteiger partial charge < -0.3 is 0 Å². The molecule has 3 atom stereocenters. The third-order valence-electron chi connectivity index (χ3n) is 3.58. The Kier molecular flexibility index (Phi) is 5.23. The first-order valence-corrected chi connectivity index (χ1v) is 8.22. The van der Waals surface area contributed by atoms with Crippen LogP contribution in [0, 0.1) is 11.6 Å². The largest absolute Gasteiger partial charge is 0.258 e. The van der Waals surface area contributed by atoms with E-state index in [1.165, 1.54) is 18.2 Å². The zero-order valence-corrected chi connectivity index (χ0v) is 12.9. The Labute approximate surface area is 126 Å². The van der Waals surface area contributed by atoms with Crippen LogP contribution in [0.2, 0.25) is 0 Å². The summed E-state index contributed by atoms with van der Waals surface area (Å²) in [6.07, 6.45) is 0.650. The van der Waals surface area contributed by atoms with E-state index in [1.54, 1.807) is 6.92 Å². The lowest BCUT2D eigenvalue weighted by atomic mass is 10.1.